The van der Waals surface area contributed by atoms with E-state index < -0.39 is 18.1 Å². The Bertz CT molecular complexity index is 1270. The van der Waals surface area contributed by atoms with E-state index in [9.17, 15) is 19.5 Å². The van der Waals surface area contributed by atoms with Gasteiger partial charge in [-0.25, -0.2) is 4.79 Å². The minimum Gasteiger partial charge on any atom is -0.477 e. The van der Waals surface area contributed by atoms with Crippen LogP contribution in [0.2, 0.25) is 0 Å². The van der Waals surface area contributed by atoms with Gasteiger partial charge in [-0.1, -0.05) is 189 Å². The van der Waals surface area contributed by atoms with Crippen LogP contribution >= 0.6 is 0 Å². The summed E-state index contributed by atoms with van der Waals surface area (Å²) in [4.78, 5) is 37.2. The SMILES string of the molecule is CCCCC/C=C/C/C=C/C/C=C/CCCCCCCCCCCC(=O)OC(COCCC(C(=O)O)[N+](C)(C)C)COC(=O)CCCCCCC/C=C/C=C/C=C/CCCCCCC. The molecule has 64 heavy (non-hydrogen) atoms. The van der Waals surface area contributed by atoms with Gasteiger partial charge in [0.15, 0.2) is 12.1 Å². The Kier molecular flexibility index (Phi) is 44.0. The molecule has 2 unspecified atom stereocenters. The molecule has 0 spiro atoms. The van der Waals surface area contributed by atoms with Gasteiger partial charge in [0.2, 0.25) is 0 Å². The van der Waals surface area contributed by atoms with Crippen molar-refractivity contribution in [1.29, 1.82) is 0 Å². The molecule has 0 saturated heterocycles. The molecular formula is C56H98NO7+. The minimum absolute atomic E-state index is 0.0492. The predicted molar refractivity (Wildman–Crippen MR) is 270 cm³/mol. The summed E-state index contributed by atoms with van der Waals surface area (Å²) in [5.74, 6) is -1.50. The fraction of sp³-hybridized carbons (Fsp3) is 0.732. The van der Waals surface area contributed by atoms with Crippen LogP contribution in [0.1, 0.15) is 213 Å². The molecule has 0 aliphatic heterocycles. The van der Waals surface area contributed by atoms with Gasteiger partial charge >= 0.3 is 17.9 Å². The van der Waals surface area contributed by atoms with Crippen LogP contribution in [0.3, 0.4) is 0 Å². The highest BCUT2D eigenvalue weighted by molar-refractivity contribution is 5.72. The molecule has 0 bridgehead atoms. The van der Waals surface area contributed by atoms with Crippen molar-refractivity contribution in [2.75, 3.05) is 41.0 Å². The Hall–Kier alpha value is -3.23. The van der Waals surface area contributed by atoms with Crippen LogP contribution < -0.4 is 0 Å². The van der Waals surface area contributed by atoms with E-state index in [0.717, 1.165) is 83.5 Å². The molecule has 0 aliphatic rings. The number of carboxylic acids is 1. The molecule has 0 rings (SSSR count). The second-order valence-electron chi connectivity index (χ2n) is 18.5. The van der Waals surface area contributed by atoms with E-state index in [1.54, 1.807) is 0 Å². The van der Waals surface area contributed by atoms with E-state index in [1.165, 1.54) is 96.3 Å². The molecule has 1 N–H and O–H groups in total. The van der Waals surface area contributed by atoms with Crippen molar-refractivity contribution in [2.24, 2.45) is 0 Å². The van der Waals surface area contributed by atoms with Crippen LogP contribution in [0.5, 0.6) is 0 Å². The summed E-state index contributed by atoms with van der Waals surface area (Å²) in [6, 6.07) is -0.623. The minimum atomic E-state index is -0.880. The number of hydrogen-bond acceptors (Lipinski definition) is 6. The number of quaternary nitrogens is 1. The van der Waals surface area contributed by atoms with Crippen molar-refractivity contribution in [3.63, 3.8) is 0 Å². The van der Waals surface area contributed by atoms with Gasteiger partial charge in [0.25, 0.3) is 0 Å². The molecule has 8 heteroatoms. The Morgan fingerprint density at radius 3 is 1.38 bits per heavy atom. The molecule has 0 saturated carbocycles. The van der Waals surface area contributed by atoms with E-state index in [4.69, 9.17) is 14.2 Å². The average molecular weight is 897 g/mol. The number of hydrogen-bond donors (Lipinski definition) is 1. The van der Waals surface area contributed by atoms with Crippen LogP contribution in [0, 0.1) is 0 Å². The molecule has 2 atom stereocenters. The number of nitrogens with zero attached hydrogens (tertiary/aromatic N) is 1. The first kappa shape index (κ1) is 60.8. The number of rotatable bonds is 46. The summed E-state index contributed by atoms with van der Waals surface area (Å²) in [6.07, 6.45) is 59.4. The first-order valence-corrected chi connectivity index (χ1v) is 26.0. The van der Waals surface area contributed by atoms with Crippen molar-refractivity contribution in [1.82, 2.24) is 0 Å². The van der Waals surface area contributed by atoms with Gasteiger partial charge in [0.1, 0.15) is 6.61 Å². The number of likely N-dealkylation sites (N-methyl/N-ethyl adjacent to an activating group) is 1. The first-order chi connectivity index (χ1) is 31.1. The van der Waals surface area contributed by atoms with Gasteiger partial charge in [0, 0.05) is 19.3 Å². The topological polar surface area (TPSA) is 99.1 Å². The lowest BCUT2D eigenvalue weighted by Gasteiger charge is -2.31. The summed E-state index contributed by atoms with van der Waals surface area (Å²) in [5, 5.41) is 9.66. The predicted octanol–water partition coefficient (Wildman–Crippen LogP) is 15.1. The third-order valence-corrected chi connectivity index (χ3v) is 11.4. The summed E-state index contributed by atoms with van der Waals surface area (Å²) < 4.78 is 17.3. The van der Waals surface area contributed by atoms with Gasteiger partial charge in [-0.15, -0.1) is 0 Å². The smallest absolute Gasteiger partial charge is 0.362 e. The number of aliphatic carboxylic acids is 1. The van der Waals surface area contributed by atoms with E-state index in [0.29, 0.717) is 19.3 Å². The van der Waals surface area contributed by atoms with Crippen LogP contribution in [0.15, 0.2) is 72.9 Å². The molecule has 368 valence electrons. The first-order valence-electron chi connectivity index (χ1n) is 26.0. The second kappa shape index (κ2) is 46.3. The number of allylic oxidation sites excluding steroid dienone is 12. The monoisotopic (exact) mass is 897 g/mol. The lowest BCUT2D eigenvalue weighted by atomic mass is 10.1. The maximum atomic E-state index is 12.8. The maximum Gasteiger partial charge on any atom is 0.362 e. The zero-order valence-electron chi connectivity index (χ0n) is 42.0. The van der Waals surface area contributed by atoms with Crippen molar-refractivity contribution >= 4 is 17.9 Å². The lowest BCUT2D eigenvalue weighted by molar-refractivity contribution is -0.887. The van der Waals surface area contributed by atoms with Gasteiger partial charge in [-0.05, 0) is 77.0 Å². The fourth-order valence-electron chi connectivity index (χ4n) is 7.34. The maximum absolute atomic E-state index is 12.8. The Morgan fingerprint density at radius 2 is 0.891 bits per heavy atom. The third kappa shape index (κ3) is 44.0. The van der Waals surface area contributed by atoms with Crippen LogP contribution in [0.4, 0.5) is 0 Å². The van der Waals surface area contributed by atoms with Crippen molar-refractivity contribution in [2.45, 2.75) is 225 Å². The normalized spacial score (nSPS) is 13.5. The summed E-state index contributed by atoms with van der Waals surface area (Å²) in [6.45, 7) is 4.67. The van der Waals surface area contributed by atoms with Gasteiger partial charge in [-0.2, -0.15) is 0 Å². The van der Waals surface area contributed by atoms with Crippen molar-refractivity contribution in [3.8, 4) is 0 Å². The van der Waals surface area contributed by atoms with Crippen molar-refractivity contribution in [3.05, 3.63) is 72.9 Å². The summed E-state index contributed by atoms with van der Waals surface area (Å²) in [5.41, 5.74) is 0. The number of unbranched alkanes of at least 4 members (excludes halogenated alkanes) is 22. The number of carboxylic acid groups (broad SMARTS) is 1. The van der Waals surface area contributed by atoms with Gasteiger partial charge in [0.05, 0.1) is 34.4 Å². The zero-order chi connectivity index (χ0) is 47.0. The van der Waals surface area contributed by atoms with Gasteiger partial charge in [-0.3, -0.25) is 9.59 Å². The van der Waals surface area contributed by atoms with Crippen LogP contribution in [0.25, 0.3) is 0 Å². The van der Waals surface area contributed by atoms with E-state index >= 15 is 0 Å². The molecule has 0 heterocycles. The molecule has 0 aromatic carbocycles. The van der Waals surface area contributed by atoms with E-state index in [2.05, 4.69) is 86.8 Å². The molecule has 0 aromatic rings. The molecule has 0 radical (unpaired) electrons. The highest BCUT2D eigenvalue weighted by atomic mass is 16.6. The lowest BCUT2D eigenvalue weighted by Crippen LogP contribution is -2.50. The highest BCUT2D eigenvalue weighted by Gasteiger charge is 2.31. The molecule has 0 aromatic heterocycles. The number of esters is 2. The van der Waals surface area contributed by atoms with E-state index in [1.807, 2.05) is 21.1 Å². The number of ether oxygens (including phenoxy) is 3. The molecular weight excluding hydrogens is 799 g/mol. The number of carbonyl (C=O) groups excluding carboxylic acids is 2. The highest BCUT2D eigenvalue weighted by Crippen LogP contribution is 2.14. The van der Waals surface area contributed by atoms with Crippen LogP contribution in [-0.4, -0.2) is 80.6 Å². The largest absolute Gasteiger partial charge is 0.477 e. The second-order valence-corrected chi connectivity index (χ2v) is 18.5. The molecule has 0 amide bonds. The Labute approximate surface area is 393 Å². The molecule has 0 aliphatic carbocycles. The zero-order valence-corrected chi connectivity index (χ0v) is 42.0. The summed E-state index contributed by atoms with van der Waals surface area (Å²) >= 11 is 0. The van der Waals surface area contributed by atoms with Crippen LogP contribution in [-0.2, 0) is 28.6 Å². The Morgan fingerprint density at radius 1 is 0.484 bits per heavy atom. The third-order valence-electron chi connectivity index (χ3n) is 11.4. The molecule has 0 fully saturated rings. The fourth-order valence-corrected chi connectivity index (χ4v) is 7.34. The quantitative estimate of drug-likeness (QED) is 0.0214. The summed E-state index contributed by atoms with van der Waals surface area (Å²) in [7, 11) is 5.52. The molecule has 8 nitrogen and oxygen atoms in total. The average Bonchev–Trinajstić information content (AvgIpc) is 3.26. The number of carbonyl (C=O) groups is 3. The van der Waals surface area contributed by atoms with Crippen molar-refractivity contribution < 1.29 is 38.2 Å². The Balaban J connectivity index is 4.30. The van der Waals surface area contributed by atoms with Gasteiger partial charge < -0.3 is 23.8 Å². The standard InChI is InChI=1S/C56H97NO7/c1-6-8-10-12-14-16-18-20-22-24-26-27-28-29-31-33-35-37-39-41-43-45-47-55(59)64-52(50-62-49-48-53(56(60)61)57(3,4)5)51-63-54(58)46-44-42-40-38-36-34-32-30-25-23-21-19-17-15-13-11-9-7-2/h14,16,19-23,25-27,30,32,52-53H,6-13,15,17-18,24,28-29,31,33-51H2,1-5H3/p+1/b16-14+,21-19+,22-20+,25-23+,27-26+,32-30+. The van der Waals surface area contributed by atoms with E-state index in [-0.39, 0.29) is 36.2 Å².